The van der Waals surface area contributed by atoms with Gasteiger partial charge in [-0.3, -0.25) is 14.5 Å². The summed E-state index contributed by atoms with van der Waals surface area (Å²) in [7, 11) is 0. The summed E-state index contributed by atoms with van der Waals surface area (Å²) in [5.74, 6) is -0.0372. The Bertz CT molecular complexity index is 2380. The molecule has 3 nitrogen and oxygen atoms in total. The lowest BCUT2D eigenvalue weighted by Crippen LogP contribution is -2.49. The number of benzene rings is 6. The number of carbonyl (C=O) groups excluding carboxylic acids is 2. The van der Waals surface area contributed by atoms with E-state index in [1.54, 1.807) is 4.90 Å². The molecule has 2 amide bonds. The van der Waals surface area contributed by atoms with E-state index < -0.39 is 0 Å². The summed E-state index contributed by atoms with van der Waals surface area (Å²) in [5.41, 5.74) is 9.95. The van der Waals surface area contributed by atoms with Gasteiger partial charge in [-0.2, -0.15) is 0 Å². The number of unbranched alkanes of at least 4 members (excludes halogenated alkanes) is 8. The van der Waals surface area contributed by atoms with Crippen molar-refractivity contribution in [2.75, 3.05) is 0 Å². The number of nitrogens with zero attached hydrogens (tertiary/aromatic N) is 1. The lowest BCUT2D eigenvalue weighted by atomic mass is 9.67. The van der Waals surface area contributed by atoms with Gasteiger partial charge in [0, 0.05) is 28.7 Å². The smallest absolute Gasteiger partial charge is 0.261 e. The Balaban J connectivity index is 1.16. The van der Waals surface area contributed by atoms with E-state index in [0.29, 0.717) is 0 Å². The summed E-state index contributed by atoms with van der Waals surface area (Å²) in [6.07, 6.45) is 16.6. The first-order valence-electron chi connectivity index (χ1n) is 20.3. The molecule has 1 heterocycles. The summed E-state index contributed by atoms with van der Waals surface area (Å²) < 4.78 is 0. The van der Waals surface area contributed by atoms with Crippen LogP contribution in [0, 0.1) is 13.8 Å². The molecule has 52 heavy (non-hydrogen) atoms. The Morgan fingerprint density at radius 2 is 1.12 bits per heavy atom. The Hall–Kier alpha value is -4.50. The maximum absolute atomic E-state index is 14.6. The number of imide groups is 1. The highest BCUT2D eigenvalue weighted by molar-refractivity contribution is 6.36. The van der Waals surface area contributed by atoms with Crippen LogP contribution in [0.15, 0.2) is 66.7 Å². The van der Waals surface area contributed by atoms with Crippen LogP contribution in [0.1, 0.15) is 141 Å². The highest BCUT2D eigenvalue weighted by Gasteiger charge is 2.44. The van der Waals surface area contributed by atoms with Gasteiger partial charge in [0.1, 0.15) is 0 Å². The molecule has 0 N–H and O–H groups in total. The van der Waals surface area contributed by atoms with E-state index in [4.69, 9.17) is 0 Å². The van der Waals surface area contributed by atoms with E-state index in [2.05, 4.69) is 88.4 Å². The number of fused-ring (bicyclic) bond motifs is 4. The predicted octanol–water partition coefficient (Wildman–Crippen LogP) is 13.3. The molecule has 1 unspecified atom stereocenters. The van der Waals surface area contributed by atoms with Crippen LogP contribution >= 0.6 is 0 Å². The molecule has 0 saturated heterocycles. The average Bonchev–Trinajstić information content (AvgIpc) is 3.16. The molecule has 6 aromatic carbocycles. The van der Waals surface area contributed by atoms with Gasteiger partial charge in [-0.05, 0) is 116 Å². The molecular weight excluding hydrogens is 635 g/mol. The molecule has 3 aliphatic rings. The van der Waals surface area contributed by atoms with Crippen molar-refractivity contribution in [3.8, 4) is 11.1 Å². The van der Waals surface area contributed by atoms with Gasteiger partial charge in [0.25, 0.3) is 11.8 Å². The van der Waals surface area contributed by atoms with Gasteiger partial charge in [0.15, 0.2) is 0 Å². The molecule has 0 aromatic heterocycles. The first kappa shape index (κ1) is 33.3. The second-order valence-electron chi connectivity index (χ2n) is 16.1. The molecule has 1 aliphatic heterocycles. The maximum Gasteiger partial charge on any atom is 0.261 e. The second kappa shape index (κ2) is 13.2. The number of aryl methyl sites for hydroxylation is 2. The fourth-order valence-electron chi connectivity index (χ4n) is 10.5. The molecule has 0 radical (unpaired) electrons. The molecule has 264 valence electrons. The summed E-state index contributed by atoms with van der Waals surface area (Å²) in [6.45, 7) is 8.95. The van der Waals surface area contributed by atoms with Crippen LogP contribution in [0.25, 0.3) is 59.8 Å². The van der Waals surface area contributed by atoms with Crippen LogP contribution in [0.5, 0.6) is 0 Å². The van der Waals surface area contributed by atoms with Gasteiger partial charge in [-0.15, -0.1) is 0 Å². The van der Waals surface area contributed by atoms with E-state index in [1.807, 2.05) is 6.07 Å². The van der Waals surface area contributed by atoms with Crippen LogP contribution in [0.4, 0.5) is 0 Å². The van der Waals surface area contributed by atoms with E-state index in [0.717, 1.165) is 48.8 Å². The van der Waals surface area contributed by atoms with Crippen molar-refractivity contribution in [2.45, 2.75) is 123 Å². The number of rotatable bonds is 13. The molecule has 0 bridgehead atoms. The first-order chi connectivity index (χ1) is 25.4. The number of allylic oxidation sites excluding steroid dienone is 1. The number of hydrogen-bond donors (Lipinski definition) is 0. The molecule has 2 aliphatic carbocycles. The van der Waals surface area contributed by atoms with Crippen molar-refractivity contribution < 1.29 is 9.59 Å². The van der Waals surface area contributed by atoms with Gasteiger partial charge >= 0.3 is 0 Å². The third kappa shape index (κ3) is 4.91. The third-order valence-corrected chi connectivity index (χ3v) is 13.0. The Labute approximate surface area is 308 Å². The zero-order chi connectivity index (χ0) is 35.7. The molecule has 1 atom stereocenters. The second-order valence-corrected chi connectivity index (χ2v) is 16.1. The largest absolute Gasteiger partial charge is 0.271 e. The molecule has 0 saturated carbocycles. The van der Waals surface area contributed by atoms with Crippen molar-refractivity contribution in [2.24, 2.45) is 0 Å². The lowest BCUT2D eigenvalue weighted by Gasteiger charge is -2.40. The number of hydrogen-bond acceptors (Lipinski definition) is 2. The van der Waals surface area contributed by atoms with Gasteiger partial charge in [0.05, 0.1) is 0 Å². The molecule has 6 aromatic rings. The molecule has 9 rings (SSSR count). The molecule has 3 heteroatoms. The summed E-state index contributed by atoms with van der Waals surface area (Å²) >= 11 is 0. The SMILES string of the molecule is CCCCCCCC(CCCCCCC)N1C(=O)C2=CCC3c4c(ccc(c42)C1=O)-c1ccc2c4ccc(C)c5c(C)ccc(c6ccc3c1c26)c54. The summed E-state index contributed by atoms with van der Waals surface area (Å²) in [5, 5.41) is 10.7. The number of carbonyl (C=O) groups is 2. The van der Waals surface area contributed by atoms with Crippen LogP contribution < -0.4 is 0 Å². The van der Waals surface area contributed by atoms with E-state index >= 15 is 0 Å². The summed E-state index contributed by atoms with van der Waals surface area (Å²) in [6, 6.07) is 22.8. The topological polar surface area (TPSA) is 37.4 Å². The highest BCUT2D eigenvalue weighted by Crippen LogP contribution is 2.56. The van der Waals surface area contributed by atoms with Gasteiger partial charge < -0.3 is 0 Å². The zero-order valence-electron chi connectivity index (χ0n) is 31.5. The minimum atomic E-state index is -0.0842. The Kier molecular flexibility index (Phi) is 8.44. The zero-order valence-corrected chi connectivity index (χ0v) is 31.5. The van der Waals surface area contributed by atoms with Crippen molar-refractivity contribution in [1.29, 1.82) is 0 Å². The van der Waals surface area contributed by atoms with Gasteiger partial charge in [-0.25, -0.2) is 0 Å². The fraction of sp³-hybridized carbons (Fsp3) is 0.388. The predicted molar refractivity (Wildman–Crippen MR) is 219 cm³/mol. The van der Waals surface area contributed by atoms with E-state index in [9.17, 15) is 9.59 Å². The van der Waals surface area contributed by atoms with Crippen LogP contribution in [-0.4, -0.2) is 22.8 Å². The Morgan fingerprint density at radius 3 is 1.75 bits per heavy atom. The molecular formula is C49H51NO2. The summed E-state index contributed by atoms with van der Waals surface area (Å²) in [4.78, 5) is 30.9. The van der Waals surface area contributed by atoms with Crippen molar-refractivity contribution in [3.63, 3.8) is 0 Å². The van der Waals surface area contributed by atoms with Crippen LogP contribution in [0.3, 0.4) is 0 Å². The van der Waals surface area contributed by atoms with E-state index in [1.165, 1.54) is 128 Å². The maximum atomic E-state index is 14.6. The monoisotopic (exact) mass is 685 g/mol. The minimum absolute atomic E-state index is 0.0391. The quantitative estimate of drug-likeness (QED) is 0.0525. The van der Waals surface area contributed by atoms with Gasteiger partial charge in [-0.1, -0.05) is 139 Å². The van der Waals surface area contributed by atoms with Gasteiger partial charge in [0.2, 0.25) is 0 Å². The molecule has 0 spiro atoms. The number of amides is 2. The van der Waals surface area contributed by atoms with E-state index in [-0.39, 0.29) is 23.8 Å². The van der Waals surface area contributed by atoms with Crippen molar-refractivity contribution in [1.82, 2.24) is 4.90 Å². The van der Waals surface area contributed by atoms with Crippen LogP contribution in [-0.2, 0) is 4.79 Å². The van der Waals surface area contributed by atoms with Crippen LogP contribution in [0.2, 0.25) is 0 Å². The Morgan fingerprint density at radius 1 is 0.577 bits per heavy atom. The first-order valence-corrected chi connectivity index (χ1v) is 20.3. The standard InChI is InChI=1S/C49H51NO2/c1-5-7-9-11-13-15-31(16-14-12-10-8-6-2)50-48(51)40-27-25-38-36-23-21-34-32-19-17-29(3)42-30(4)18-20-33(43(32)42)35-22-24-37(45(36)44(34)35)39-26-28-41(49(50)52)47(40)46(38)39/h17-25,27-28,31,39H,5-16,26H2,1-4H3. The molecule has 0 fully saturated rings. The van der Waals surface area contributed by atoms with Crippen molar-refractivity contribution in [3.05, 3.63) is 100 Å². The fourth-order valence-corrected chi connectivity index (χ4v) is 10.5. The third-order valence-electron chi connectivity index (χ3n) is 13.0. The lowest BCUT2D eigenvalue weighted by molar-refractivity contribution is -0.125. The highest BCUT2D eigenvalue weighted by atomic mass is 16.2. The average molecular weight is 686 g/mol. The van der Waals surface area contributed by atoms with Crippen molar-refractivity contribution >= 4 is 60.5 Å². The normalized spacial score (nSPS) is 16.3. The minimum Gasteiger partial charge on any atom is -0.271 e.